The number of aliphatic hydroxyl groups excluding tert-OH is 3. The van der Waals surface area contributed by atoms with Crippen LogP contribution in [0.3, 0.4) is 0 Å². The van der Waals surface area contributed by atoms with E-state index in [1.54, 1.807) is 40.2 Å². The number of methoxy groups -OCH3 is 2. The van der Waals surface area contributed by atoms with Crippen molar-refractivity contribution in [2.24, 2.45) is 23.7 Å². The summed E-state index contributed by atoms with van der Waals surface area (Å²) >= 11 is 0. The predicted molar refractivity (Wildman–Crippen MR) is 229 cm³/mol. The van der Waals surface area contributed by atoms with Gasteiger partial charge >= 0.3 is 5.97 Å². The average Bonchev–Trinajstić information content (AvgIpc) is 3.59. The Kier molecular flexibility index (Phi) is 15.5. The maximum atomic E-state index is 14.4. The SMILES string of the molecule is CC[C@H](C)[C@H]1O[C@@]2(C[C@@H]3C[C@@H](C/C=C(\C)[C@@H](O[C@H]4C[C@H](OC)[C@@H](O[C@H]5C[C@H](OC)[C@@H](O)[C@H](C)O5)[C@H](C)O4)[C@@H](C)/C=C/C=C4\CO[C@@H]5[C@H](O)[C@@H](C)C=C(C(=O)O3)[C@]45O)O2)[C@@H](O)C[C@@H]1C. The first kappa shape index (κ1) is 48.8. The summed E-state index contributed by atoms with van der Waals surface area (Å²) in [5.41, 5.74) is -0.590. The quantitative estimate of drug-likeness (QED) is 0.196. The molecule has 0 aromatic carbocycles. The summed E-state index contributed by atoms with van der Waals surface area (Å²) < 4.78 is 63.5. The van der Waals surface area contributed by atoms with E-state index < -0.39 is 109 Å². The van der Waals surface area contributed by atoms with Crippen LogP contribution in [0.5, 0.6) is 0 Å². The predicted octanol–water partition coefficient (Wildman–Crippen LogP) is 4.57. The number of allylic oxidation sites excluding steroid dienone is 2. The number of hydrogen-bond donors (Lipinski definition) is 4. The molecule has 7 aliphatic rings. The van der Waals surface area contributed by atoms with Crippen molar-refractivity contribution in [2.45, 2.75) is 204 Å². The third-order valence-electron chi connectivity index (χ3n) is 14.9. The highest BCUT2D eigenvalue weighted by Crippen LogP contribution is 2.48. The molecule has 5 fully saturated rings. The fourth-order valence-electron chi connectivity index (χ4n) is 11.0. The van der Waals surface area contributed by atoms with Crippen molar-refractivity contribution >= 4 is 5.97 Å². The normalized spacial score (nSPS) is 50.0. The number of rotatable bonds is 8. The summed E-state index contributed by atoms with van der Waals surface area (Å²) in [4.78, 5) is 14.4. The van der Waals surface area contributed by atoms with Gasteiger partial charge < -0.3 is 67.8 Å². The minimum absolute atomic E-state index is 0.00220. The van der Waals surface area contributed by atoms with Gasteiger partial charge in [0.1, 0.15) is 36.1 Å². The lowest BCUT2D eigenvalue weighted by atomic mass is 9.72. The molecule has 2 bridgehead atoms. The van der Waals surface area contributed by atoms with E-state index in [1.807, 2.05) is 32.9 Å². The molecule has 1 spiro atoms. The lowest BCUT2D eigenvalue weighted by Crippen LogP contribution is -2.62. The van der Waals surface area contributed by atoms with Gasteiger partial charge in [-0.3, -0.25) is 0 Å². The van der Waals surface area contributed by atoms with Crippen molar-refractivity contribution in [2.75, 3.05) is 20.8 Å². The summed E-state index contributed by atoms with van der Waals surface area (Å²) in [6.45, 7) is 15.9. The second-order valence-corrected chi connectivity index (χ2v) is 19.5. The Hall–Kier alpha value is -2.09. The van der Waals surface area contributed by atoms with E-state index in [4.69, 9.17) is 47.4 Å². The van der Waals surface area contributed by atoms with Crippen LogP contribution in [-0.4, -0.2) is 151 Å². The molecule has 6 aliphatic heterocycles. The molecule has 356 valence electrons. The third kappa shape index (κ3) is 9.84. The monoisotopic (exact) mass is 891 g/mol. The highest BCUT2D eigenvalue weighted by molar-refractivity contribution is 5.93. The smallest absolute Gasteiger partial charge is 0.337 e. The molecule has 15 heteroatoms. The van der Waals surface area contributed by atoms with Crippen LogP contribution in [0, 0.1) is 23.7 Å². The summed E-state index contributed by atoms with van der Waals surface area (Å²) in [6, 6.07) is 0. The Balaban J connectivity index is 1.19. The van der Waals surface area contributed by atoms with Crippen molar-refractivity contribution < 1.29 is 72.6 Å². The summed E-state index contributed by atoms with van der Waals surface area (Å²) in [5, 5.41) is 46.0. The highest BCUT2D eigenvalue weighted by atomic mass is 16.7. The maximum Gasteiger partial charge on any atom is 0.337 e. The third-order valence-corrected chi connectivity index (χ3v) is 14.9. The van der Waals surface area contributed by atoms with Crippen LogP contribution in [0.4, 0.5) is 0 Å². The fraction of sp³-hybridized carbons (Fsp3) is 0.812. The number of esters is 1. The van der Waals surface area contributed by atoms with Crippen molar-refractivity contribution in [3.8, 4) is 0 Å². The number of aliphatic hydroxyl groups is 4. The van der Waals surface area contributed by atoms with Gasteiger partial charge in [-0.2, -0.15) is 0 Å². The van der Waals surface area contributed by atoms with E-state index in [0.29, 0.717) is 37.7 Å². The van der Waals surface area contributed by atoms with Gasteiger partial charge in [-0.05, 0) is 56.6 Å². The van der Waals surface area contributed by atoms with E-state index in [-0.39, 0.29) is 42.5 Å². The molecule has 5 saturated heterocycles. The lowest BCUT2D eigenvalue weighted by molar-refractivity contribution is -0.373. The minimum atomic E-state index is -1.94. The van der Waals surface area contributed by atoms with Gasteiger partial charge in [0.15, 0.2) is 18.4 Å². The van der Waals surface area contributed by atoms with Crippen LogP contribution in [0.2, 0.25) is 0 Å². The van der Waals surface area contributed by atoms with Crippen molar-refractivity contribution in [1.82, 2.24) is 0 Å². The van der Waals surface area contributed by atoms with Crippen LogP contribution >= 0.6 is 0 Å². The molecular weight excluding hydrogens is 817 g/mol. The Morgan fingerprint density at radius 1 is 0.873 bits per heavy atom. The Morgan fingerprint density at radius 2 is 1.57 bits per heavy atom. The zero-order valence-electron chi connectivity index (χ0n) is 38.8. The second kappa shape index (κ2) is 20.0. The van der Waals surface area contributed by atoms with Crippen molar-refractivity contribution in [3.05, 3.63) is 47.1 Å². The molecule has 1 aliphatic carbocycles. The number of carbonyl (C=O) groups is 1. The highest BCUT2D eigenvalue weighted by Gasteiger charge is 2.59. The zero-order chi connectivity index (χ0) is 45.5. The molecule has 63 heavy (non-hydrogen) atoms. The molecule has 21 atom stereocenters. The molecule has 0 aromatic rings. The molecule has 6 heterocycles. The summed E-state index contributed by atoms with van der Waals surface area (Å²) in [5.74, 6) is -2.59. The van der Waals surface area contributed by atoms with E-state index in [1.165, 1.54) is 0 Å². The molecule has 0 amide bonds. The number of hydrogen-bond acceptors (Lipinski definition) is 15. The number of ether oxygens (including phenoxy) is 10. The van der Waals surface area contributed by atoms with Gasteiger partial charge in [-0.1, -0.05) is 71.4 Å². The largest absolute Gasteiger partial charge is 0.459 e. The standard InChI is InChI=1S/C48H74O15/c1-11-24(2)43-28(6)18-37(49)47(63-43)22-33-19-32(62-47)16-15-26(4)42(25(3)13-12-14-31-23-56-45-40(50)27(5)17-34(46(52)59-33)48(31,45)53)60-39-21-36(55-10)44(30(8)58-39)61-38-20-35(54-9)41(51)29(7)57-38/h12-15,17,24-25,27-30,32-33,35-45,49-51,53H,11,16,18-23H2,1-10H3/b13-12+,26-15+,31-14+/t24-,25-,27-,28-,29-,30-,32+,33-,35-,36-,37-,38-,39-,40+,41-,42-,43+,44-,45+,47-,48+/m0/s1. The van der Waals surface area contributed by atoms with Crippen LogP contribution in [0.25, 0.3) is 0 Å². The van der Waals surface area contributed by atoms with E-state index in [2.05, 4.69) is 26.8 Å². The van der Waals surface area contributed by atoms with Crippen molar-refractivity contribution in [3.63, 3.8) is 0 Å². The first-order valence-corrected chi connectivity index (χ1v) is 23.3. The number of fused-ring (bicyclic) bond motifs is 2. The van der Waals surface area contributed by atoms with Gasteiger partial charge in [-0.15, -0.1) is 0 Å². The van der Waals surface area contributed by atoms with Crippen LogP contribution < -0.4 is 0 Å². The minimum Gasteiger partial charge on any atom is -0.459 e. The Bertz CT molecular complexity index is 1710. The average molecular weight is 891 g/mol. The molecule has 0 aromatic heterocycles. The van der Waals surface area contributed by atoms with Gasteiger partial charge in [0.25, 0.3) is 0 Å². The van der Waals surface area contributed by atoms with Crippen molar-refractivity contribution in [1.29, 1.82) is 0 Å². The molecule has 0 unspecified atom stereocenters. The molecule has 15 nitrogen and oxygen atoms in total. The molecule has 7 rings (SSSR count). The fourth-order valence-corrected chi connectivity index (χ4v) is 11.0. The molecular formula is C48H74O15. The van der Waals surface area contributed by atoms with Crippen LogP contribution in [0.15, 0.2) is 47.1 Å². The van der Waals surface area contributed by atoms with E-state index in [0.717, 1.165) is 12.0 Å². The van der Waals surface area contributed by atoms with E-state index >= 15 is 0 Å². The Morgan fingerprint density at radius 3 is 2.29 bits per heavy atom. The Labute approximate surface area is 373 Å². The molecule has 4 N–H and O–H groups in total. The van der Waals surface area contributed by atoms with Crippen LogP contribution in [0.1, 0.15) is 100 Å². The summed E-state index contributed by atoms with van der Waals surface area (Å²) in [6.07, 6.45) is 2.74. The number of carbonyl (C=O) groups excluding carboxylic acids is 1. The first-order valence-electron chi connectivity index (χ1n) is 23.3. The molecule has 0 saturated carbocycles. The maximum absolute atomic E-state index is 14.4. The van der Waals surface area contributed by atoms with Gasteiger partial charge in [-0.25, -0.2) is 4.79 Å². The van der Waals surface area contributed by atoms with E-state index in [9.17, 15) is 25.2 Å². The lowest BCUT2D eigenvalue weighted by Gasteiger charge is -2.53. The second-order valence-electron chi connectivity index (χ2n) is 19.5. The first-order chi connectivity index (χ1) is 29.9. The summed E-state index contributed by atoms with van der Waals surface area (Å²) in [7, 11) is 3.20. The van der Waals surface area contributed by atoms with Gasteiger partial charge in [0.2, 0.25) is 0 Å². The zero-order valence-corrected chi connectivity index (χ0v) is 38.8. The topological polar surface area (TPSA) is 190 Å². The van der Waals surface area contributed by atoms with Gasteiger partial charge in [0.05, 0.1) is 61.0 Å². The molecule has 0 radical (unpaired) electrons. The van der Waals surface area contributed by atoms with Crippen LogP contribution in [-0.2, 0) is 52.2 Å². The van der Waals surface area contributed by atoms with Gasteiger partial charge in [0, 0.05) is 51.7 Å².